The topological polar surface area (TPSA) is 71.3 Å². The zero-order chi connectivity index (χ0) is 15.2. The summed E-state index contributed by atoms with van der Waals surface area (Å²) in [6.45, 7) is 7.66. The first-order chi connectivity index (χ1) is 10.2. The van der Waals surface area contributed by atoms with Crippen molar-refractivity contribution < 1.29 is 4.92 Å². The molecule has 0 unspecified atom stereocenters. The SMILES string of the molecule is CCN(CC)CCNc1c([N+](=O)[O-])cnc2ccccc12. The third-order valence-electron chi connectivity index (χ3n) is 3.58. The van der Waals surface area contributed by atoms with Crippen LogP contribution in [-0.4, -0.2) is 41.0 Å². The van der Waals surface area contributed by atoms with Gasteiger partial charge < -0.3 is 10.2 Å². The largest absolute Gasteiger partial charge is 0.378 e. The third kappa shape index (κ3) is 3.46. The van der Waals surface area contributed by atoms with E-state index >= 15 is 0 Å². The molecule has 21 heavy (non-hydrogen) atoms. The number of hydrogen-bond acceptors (Lipinski definition) is 5. The molecule has 0 amide bonds. The average Bonchev–Trinajstić information content (AvgIpc) is 2.51. The molecule has 0 bridgehead atoms. The Kier molecular flexibility index (Phi) is 5.05. The standard InChI is InChI=1S/C15H20N4O2/c1-3-18(4-2)10-9-16-15-12-7-5-6-8-13(12)17-11-14(15)19(20)21/h5-8,11H,3-4,9-10H2,1-2H3,(H,16,17). The molecule has 0 saturated carbocycles. The molecule has 1 N–H and O–H groups in total. The van der Waals surface area contributed by atoms with Gasteiger partial charge in [-0.2, -0.15) is 0 Å². The molecular weight excluding hydrogens is 268 g/mol. The van der Waals surface area contributed by atoms with Crippen molar-refractivity contribution in [1.82, 2.24) is 9.88 Å². The fraction of sp³-hybridized carbons (Fsp3) is 0.400. The number of hydrogen-bond donors (Lipinski definition) is 1. The van der Waals surface area contributed by atoms with Crippen molar-refractivity contribution in [1.29, 1.82) is 0 Å². The maximum absolute atomic E-state index is 11.2. The van der Waals surface area contributed by atoms with Crippen molar-refractivity contribution in [3.8, 4) is 0 Å². The molecule has 6 nitrogen and oxygen atoms in total. The van der Waals surface area contributed by atoms with Crippen LogP contribution < -0.4 is 5.32 Å². The number of nitrogens with one attached hydrogen (secondary N) is 1. The minimum Gasteiger partial charge on any atom is -0.378 e. The summed E-state index contributed by atoms with van der Waals surface area (Å²) in [5.41, 5.74) is 1.33. The van der Waals surface area contributed by atoms with Crippen LogP contribution in [0, 0.1) is 10.1 Å². The molecular formula is C15H20N4O2. The van der Waals surface area contributed by atoms with Crippen LogP contribution >= 0.6 is 0 Å². The summed E-state index contributed by atoms with van der Waals surface area (Å²) in [7, 11) is 0. The molecule has 6 heteroatoms. The Labute approximate surface area is 123 Å². The number of benzene rings is 1. The first-order valence-corrected chi connectivity index (χ1v) is 7.15. The molecule has 2 rings (SSSR count). The highest BCUT2D eigenvalue weighted by atomic mass is 16.6. The van der Waals surface area contributed by atoms with E-state index in [0.717, 1.165) is 30.5 Å². The van der Waals surface area contributed by atoms with Crippen LogP contribution in [0.25, 0.3) is 10.9 Å². The normalized spacial score (nSPS) is 11.0. The van der Waals surface area contributed by atoms with Crippen LogP contribution in [0.4, 0.5) is 11.4 Å². The molecule has 112 valence electrons. The first-order valence-electron chi connectivity index (χ1n) is 7.15. The number of nitrogens with zero attached hydrogens (tertiary/aromatic N) is 3. The molecule has 0 aliphatic rings. The van der Waals surface area contributed by atoms with Crippen molar-refractivity contribution in [2.45, 2.75) is 13.8 Å². The summed E-state index contributed by atoms with van der Waals surface area (Å²) in [5, 5.41) is 15.2. The molecule has 0 fully saturated rings. The number of likely N-dealkylation sites (N-methyl/N-ethyl adjacent to an activating group) is 1. The molecule has 0 atom stereocenters. The smallest absolute Gasteiger partial charge is 0.311 e. The van der Waals surface area contributed by atoms with Crippen LogP contribution in [0.15, 0.2) is 30.5 Å². The summed E-state index contributed by atoms with van der Waals surface area (Å²) < 4.78 is 0. The van der Waals surface area contributed by atoms with Gasteiger partial charge in [0.05, 0.1) is 10.4 Å². The highest BCUT2D eigenvalue weighted by Crippen LogP contribution is 2.31. The quantitative estimate of drug-likeness (QED) is 0.626. The van der Waals surface area contributed by atoms with Gasteiger partial charge in [0, 0.05) is 18.5 Å². The zero-order valence-electron chi connectivity index (χ0n) is 12.4. The lowest BCUT2D eigenvalue weighted by Gasteiger charge is -2.18. The van der Waals surface area contributed by atoms with Gasteiger partial charge >= 0.3 is 5.69 Å². The Balaban J connectivity index is 2.27. The maximum Gasteiger partial charge on any atom is 0.311 e. The lowest BCUT2D eigenvalue weighted by Crippen LogP contribution is -2.28. The van der Waals surface area contributed by atoms with Gasteiger partial charge in [0.1, 0.15) is 11.9 Å². The lowest BCUT2D eigenvalue weighted by molar-refractivity contribution is -0.384. The summed E-state index contributed by atoms with van der Waals surface area (Å²) in [4.78, 5) is 17.2. The first kappa shape index (κ1) is 15.2. The highest BCUT2D eigenvalue weighted by Gasteiger charge is 2.17. The molecule has 0 saturated heterocycles. The average molecular weight is 288 g/mol. The van der Waals surface area contributed by atoms with Gasteiger partial charge in [-0.1, -0.05) is 32.0 Å². The van der Waals surface area contributed by atoms with E-state index in [1.165, 1.54) is 6.20 Å². The fourth-order valence-corrected chi connectivity index (χ4v) is 2.33. The van der Waals surface area contributed by atoms with Gasteiger partial charge in [0.25, 0.3) is 0 Å². The predicted octanol–water partition coefficient (Wildman–Crippen LogP) is 2.90. The second-order valence-electron chi connectivity index (χ2n) is 4.75. The second-order valence-corrected chi connectivity index (χ2v) is 4.75. The molecule has 0 radical (unpaired) electrons. The van der Waals surface area contributed by atoms with Crippen LogP contribution in [0.3, 0.4) is 0 Å². The molecule has 0 aliphatic carbocycles. The van der Waals surface area contributed by atoms with E-state index in [2.05, 4.69) is 29.0 Å². The van der Waals surface area contributed by atoms with Crippen LogP contribution in [0.5, 0.6) is 0 Å². The van der Waals surface area contributed by atoms with Gasteiger partial charge in [-0.15, -0.1) is 0 Å². The van der Waals surface area contributed by atoms with Gasteiger partial charge in [-0.05, 0) is 19.2 Å². The Bertz CT molecular complexity index is 626. The zero-order valence-corrected chi connectivity index (χ0v) is 12.4. The van der Waals surface area contributed by atoms with Crippen molar-refractivity contribution in [2.75, 3.05) is 31.5 Å². The van der Waals surface area contributed by atoms with E-state index in [1.807, 2.05) is 24.3 Å². The molecule has 1 aromatic carbocycles. The van der Waals surface area contributed by atoms with E-state index in [-0.39, 0.29) is 10.6 Å². The van der Waals surface area contributed by atoms with Gasteiger partial charge in [-0.3, -0.25) is 10.1 Å². The number of pyridine rings is 1. The van der Waals surface area contributed by atoms with Crippen molar-refractivity contribution in [3.05, 3.63) is 40.6 Å². The van der Waals surface area contributed by atoms with E-state index in [0.29, 0.717) is 12.2 Å². The van der Waals surface area contributed by atoms with E-state index < -0.39 is 0 Å². The van der Waals surface area contributed by atoms with Crippen molar-refractivity contribution >= 4 is 22.3 Å². The number of aromatic nitrogens is 1. The number of nitro groups is 1. The highest BCUT2D eigenvalue weighted by molar-refractivity contribution is 5.95. The second kappa shape index (κ2) is 6.99. The lowest BCUT2D eigenvalue weighted by atomic mass is 10.1. The Morgan fingerprint density at radius 3 is 2.67 bits per heavy atom. The van der Waals surface area contributed by atoms with E-state index in [4.69, 9.17) is 0 Å². The Morgan fingerprint density at radius 2 is 2.00 bits per heavy atom. The number of anilines is 1. The van der Waals surface area contributed by atoms with Gasteiger partial charge in [0.2, 0.25) is 0 Å². The monoisotopic (exact) mass is 288 g/mol. The van der Waals surface area contributed by atoms with Crippen LogP contribution in [0.2, 0.25) is 0 Å². The Morgan fingerprint density at radius 1 is 1.29 bits per heavy atom. The third-order valence-corrected chi connectivity index (χ3v) is 3.58. The molecule has 0 spiro atoms. The number of rotatable bonds is 7. The Hall–Kier alpha value is -2.21. The summed E-state index contributed by atoms with van der Waals surface area (Å²) in [6.07, 6.45) is 1.32. The minimum atomic E-state index is -0.390. The summed E-state index contributed by atoms with van der Waals surface area (Å²) in [6, 6.07) is 7.45. The van der Waals surface area contributed by atoms with Crippen LogP contribution in [0.1, 0.15) is 13.8 Å². The molecule has 1 aromatic heterocycles. The summed E-state index contributed by atoms with van der Waals surface area (Å²) in [5.74, 6) is 0. The molecule has 2 aromatic rings. The number of para-hydroxylation sites is 1. The van der Waals surface area contributed by atoms with E-state index in [9.17, 15) is 10.1 Å². The van der Waals surface area contributed by atoms with Crippen LogP contribution in [-0.2, 0) is 0 Å². The number of fused-ring (bicyclic) bond motifs is 1. The minimum absolute atomic E-state index is 0.0215. The molecule has 1 heterocycles. The summed E-state index contributed by atoms with van der Waals surface area (Å²) >= 11 is 0. The predicted molar refractivity (Wildman–Crippen MR) is 84.7 cm³/mol. The molecule has 0 aliphatic heterocycles. The van der Waals surface area contributed by atoms with Gasteiger partial charge in [-0.25, -0.2) is 4.98 Å². The van der Waals surface area contributed by atoms with Crippen molar-refractivity contribution in [2.24, 2.45) is 0 Å². The van der Waals surface area contributed by atoms with E-state index in [1.54, 1.807) is 0 Å². The van der Waals surface area contributed by atoms with Gasteiger partial charge in [0.15, 0.2) is 0 Å². The fourth-order valence-electron chi connectivity index (χ4n) is 2.33. The van der Waals surface area contributed by atoms with Crippen molar-refractivity contribution in [3.63, 3.8) is 0 Å². The maximum atomic E-state index is 11.2.